The second-order valence-corrected chi connectivity index (χ2v) is 9.69. The molecule has 0 spiro atoms. The molecule has 7 nitrogen and oxygen atoms in total. The van der Waals surface area contributed by atoms with Gasteiger partial charge in [-0.15, -0.1) is 27.5 Å². The molecule has 1 aromatic rings. The van der Waals surface area contributed by atoms with Gasteiger partial charge in [-0.2, -0.15) is 8.42 Å². The number of thioether (sulfide) groups is 1. The van der Waals surface area contributed by atoms with Crippen LogP contribution in [0.15, 0.2) is 18.9 Å². The number of ether oxygens (including phenoxy) is 2. The Bertz CT molecular complexity index is 736. The summed E-state index contributed by atoms with van der Waals surface area (Å²) in [7, 11) is -0.444. The summed E-state index contributed by atoms with van der Waals surface area (Å²) in [6, 6.07) is 1.42. The molecule has 140 valence electrons. The van der Waals surface area contributed by atoms with Crippen molar-refractivity contribution in [2.75, 3.05) is 33.1 Å². The Kier molecular flexibility index (Phi) is 7.03. The van der Waals surface area contributed by atoms with Crippen molar-refractivity contribution < 1.29 is 22.7 Å². The summed E-state index contributed by atoms with van der Waals surface area (Å²) in [6.07, 6.45) is 0.612. The average molecular weight is 407 g/mol. The summed E-state index contributed by atoms with van der Waals surface area (Å²) >= 11 is 2.53. The van der Waals surface area contributed by atoms with Gasteiger partial charge < -0.3 is 14.4 Å². The van der Waals surface area contributed by atoms with E-state index in [2.05, 4.69) is 4.40 Å². The zero-order chi connectivity index (χ0) is 18.6. The summed E-state index contributed by atoms with van der Waals surface area (Å²) < 4.78 is 40.1. The second kappa shape index (κ2) is 8.63. The van der Waals surface area contributed by atoms with Crippen LogP contribution >= 0.6 is 23.1 Å². The van der Waals surface area contributed by atoms with Gasteiger partial charge in [-0.3, -0.25) is 4.79 Å². The number of Topliss-reactive ketones (excluding diaryl/α,β-unsaturated/α-hetero) is 1. The van der Waals surface area contributed by atoms with Crippen LogP contribution in [0, 0.1) is 5.92 Å². The molecule has 2 rings (SSSR count). The Morgan fingerprint density at radius 1 is 1.36 bits per heavy atom. The zero-order valence-corrected chi connectivity index (χ0v) is 17.0. The van der Waals surface area contributed by atoms with Crippen molar-refractivity contribution in [1.29, 1.82) is 0 Å². The van der Waals surface area contributed by atoms with Crippen LogP contribution < -0.4 is 0 Å². The molecule has 0 fully saturated rings. The molecule has 0 bridgehead atoms. The number of sulfonamides is 1. The lowest BCUT2D eigenvalue weighted by atomic mass is 10.0. The largest absolute Gasteiger partial charge is 0.368 e. The van der Waals surface area contributed by atoms with Gasteiger partial charge in [0.05, 0.1) is 10.1 Å². The molecule has 1 aliphatic heterocycles. The standard InChI is InChI=1S/C15H22N2O5S3/c1-5-21-14(22-6-2)11-8-23-15-10(13(11)18)7-12(24-15)25(19,20)16-9-17(3)4/h7,9,11,14H,5-6,8H2,1-4H3. The highest BCUT2D eigenvalue weighted by molar-refractivity contribution is 8.01. The molecule has 1 aromatic heterocycles. The lowest BCUT2D eigenvalue weighted by Gasteiger charge is -2.27. The normalized spacial score (nSPS) is 18.1. The Labute approximate surface area is 156 Å². The number of hydrogen-bond acceptors (Lipinski definition) is 7. The van der Waals surface area contributed by atoms with Crippen LogP contribution in [-0.2, 0) is 19.5 Å². The molecular formula is C15H22N2O5S3. The molecule has 0 saturated carbocycles. The summed E-state index contributed by atoms with van der Waals surface area (Å²) in [6.45, 7) is 4.56. The number of thiophene rings is 1. The van der Waals surface area contributed by atoms with E-state index in [1.165, 1.54) is 29.1 Å². The van der Waals surface area contributed by atoms with Crippen molar-refractivity contribution in [2.45, 2.75) is 28.6 Å². The van der Waals surface area contributed by atoms with Crippen LogP contribution in [-0.4, -0.2) is 64.8 Å². The van der Waals surface area contributed by atoms with Gasteiger partial charge in [0, 0.05) is 38.6 Å². The first-order valence-corrected chi connectivity index (χ1v) is 11.0. The first-order valence-electron chi connectivity index (χ1n) is 7.81. The van der Waals surface area contributed by atoms with E-state index in [9.17, 15) is 13.2 Å². The van der Waals surface area contributed by atoms with E-state index < -0.39 is 22.2 Å². The van der Waals surface area contributed by atoms with Crippen LogP contribution in [0.4, 0.5) is 0 Å². The van der Waals surface area contributed by atoms with Crippen molar-refractivity contribution in [3.05, 3.63) is 11.6 Å². The third-order valence-electron chi connectivity index (χ3n) is 3.33. The maximum Gasteiger partial charge on any atom is 0.293 e. The van der Waals surface area contributed by atoms with E-state index in [-0.39, 0.29) is 9.99 Å². The minimum absolute atomic E-state index is 0.0708. The van der Waals surface area contributed by atoms with Crippen LogP contribution in [0.25, 0.3) is 0 Å². The molecule has 1 atom stereocenters. The summed E-state index contributed by atoms with van der Waals surface area (Å²) in [4.78, 5) is 14.3. The summed E-state index contributed by atoms with van der Waals surface area (Å²) in [5.74, 6) is -0.0972. The molecule has 0 amide bonds. The number of rotatable bonds is 8. The number of carbonyl (C=O) groups excluding carboxylic acids is 1. The van der Waals surface area contributed by atoms with Gasteiger partial charge in [-0.1, -0.05) is 0 Å². The third-order valence-corrected chi connectivity index (χ3v) is 7.55. The van der Waals surface area contributed by atoms with E-state index in [0.29, 0.717) is 28.7 Å². The average Bonchev–Trinajstić information content (AvgIpc) is 2.99. The Hall–Kier alpha value is -0.940. The highest BCUT2D eigenvalue weighted by Crippen LogP contribution is 2.42. The van der Waals surface area contributed by atoms with Crippen LogP contribution in [0.2, 0.25) is 0 Å². The topological polar surface area (TPSA) is 85.3 Å². The van der Waals surface area contributed by atoms with E-state index in [4.69, 9.17) is 9.47 Å². The highest BCUT2D eigenvalue weighted by Gasteiger charge is 2.37. The molecule has 1 unspecified atom stereocenters. The Balaban J connectivity index is 2.29. The van der Waals surface area contributed by atoms with Gasteiger partial charge in [0.25, 0.3) is 10.0 Å². The van der Waals surface area contributed by atoms with Gasteiger partial charge in [0.15, 0.2) is 12.1 Å². The van der Waals surface area contributed by atoms with Crippen molar-refractivity contribution >= 4 is 45.2 Å². The number of hydrogen-bond donors (Lipinski definition) is 0. The van der Waals surface area contributed by atoms with Gasteiger partial charge in [0.2, 0.25) is 0 Å². The van der Waals surface area contributed by atoms with Crippen LogP contribution in [0.1, 0.15) is 24.2 Å². The van der Waals surface area contributed by atoms with Gasteiger partial charge in [-0.25, -0.2) is 0 Å². The number of nitrogens with zero attached hydrogens (tertiary/aromatic N) is 2. The summed E-state index contributed by atoms with van der Waals surface area (Å²) in [5, 5.41) is 0. The molecular weight excluding hydrogens is 384 g/mol. The molecule has 0 aromatic carbocycles. The predicted octanol–water partition coefficient (Wildman–Crippen LogP) is 2.33. The SMILES string of the molecule is CCOC(OCC)C1CSc2sc(S(=O)(=O)N=CN(C)C)cc2C1=O. The van der Waals surface area contributed by atoms with Gasteiger partial charge in [-0.05, 0) is 19.9 Å². The second-order valence-electron chi connectivity index (χ2n) is 5.49. The fourth-order valence-corrected chi connectivity index (χ4v) is 6.15. The molecule has 0 aliphatic carbocycles. The lowest BCUT2D eigenvalue weighted by Crippen LogP contribution is -2.36. The summed E-state index contributed by atoms with van der Waals surface area (Å²) in [5.41, 5.74) is 0.411. The monoisotopic (exact) mass is 406 g/mol. The molecule has 25 heavy (non-hydrogen) atoms. The molecule has 0 N–H and O–H groups in total. The van der Waals surface area contributed by atoms with E-state index in [0.717, 1.165) is 11.3 Å². The van der Waals surface area contributed by atoms with E-state index in [1.807, 2.05) is 13.8 Å². The van der Waals surface area contributed by atoms with Crippen LogP contribution in [0.5, 0.6) is 0 Å². The van der Waals surface area contributed by atoms with Crippen molar-refractivity contribution in [3.63, 3.8) is 0 Å². The highest BCUT2D eigenvalue weighted by atomic mass is 32.3. The molecule has 0 saturated heterocycles. The number of fused-ring (bicyclic) bond motifs is 1. The quantitative estimate of drug-likeness (QED) is 0.372. The molecule has 2 heterocycles. The Morgan fingerprint density at radius 3 is 2.56 bits per heavy atom. The van der Waals surface area contributed by atoms with E-state index in [1.54, 1.807) is 14.1 Å². The van der Waals surface area contributed by atoms with Crippen LogP contribution in [0.3, 0.4) is 0 Å². The minimum atomic E-state index is -3.81. The molecule has 0 radical (unpaired) electrons. The Morgan fingerprint density at radius 2 is 2.00 bits per heavy atom. The van der Waals surface area contributed by atoms with Crippen molar-refractivity contribution in [1.82, 2.24) is 4.90 Å². The first kappa shape index (κ1) is 20.4. The molecule has 10 heteroatoms. The van der Waals surface area contributed by atoms with Crippen molar-refractivity contribution in [2.24, 2.45) is 10.3 Å². The lowest BCUT2D eigenvalue weighted by molar-refractivity contribution is -0.153. The number of carbonyl (C=O) groups is 1. The van der Waals surface area contributed by atoms with E-state index >= 15 is 0 Å². The van der Waals surface area contributed by atoms with Gasteiger partial charge >= 0.3 is 0 Å². The third kappa shape index (κ3) is 4.82. The predicted molar refractivity (Wildman–Crippen MR) is 99.3 cm³/mol. The fourth-order valence-electron chi connectivity index (χ4n) is 2.22. The smallest absolute Gasteiger partial charge is 0.293 e. The maximum atomic E-state index is 12.8. The molecule has 1 aliphatic rings. The zero-order valence-electron chi connectivity index (χ0n) is 14.6. The first-order chi connectivity index (χ1) is 11.8. The fraction of sp³-hybridized carbons (Fsp3) is 0.600. The van der Waals surface area contributed by atoms with Crippen molar-refractivity contribution in [3.8, 4) is 0 Å². The maximum absolute atomic E-state index is 12.8. The number of ketones is 1. The van der Waals surface area contributed by atoms with Gasteiger partial charge in [0.1, 0.15) is 10.5 Å². The minimum Gasteiger partial charge on any atom is -0.368 e.